The van der Waals surface area contributed by atoms with Gasteiger partial charge in [0.15, 0.2) is 0 Å². The largest absolute Gasteiger partial charge is 0.497 e. The van der Waals surface area contributed by atoms with Crippen molar-refractivity contribution in [1.82, 2.24) is 9.71 Å². The van der Waals surface area contributed by atoms with Gasteiger partial charge in [-0.3, -0.25) is 0 Å². The monoisotopic (exact) mass is 350 g/mol. The first-order valence-electron chi connectivity index (χ1n) is 7.19. The second-order valence-corrected chi connectivity index (χ2v) is 8.16. The van der Waals surface area contributed by atoms with Gasteiger partial charge in [0.05, 0.1) is 7.11 Å². The molecule has 0 saturated heterocycles. The summed E-state index contributed by atoms with van der Waals surface area (Å²) in [5, 5.41) is 2.82. The molecule has 3 rings (SSSR count). The zero-order valence-electron chi connectivity index (χ0n) is 12.9. The molecule has 7 heteroatoms. The van der Waals surface area contributed by atoms with Crippen LogP contribution in [0, 0.1) is 6.92 Å². The first-order chi connectivity index (χ1) is 11.0. The SMILES string of the molecule is COc1ccc2[nH]c(C)c(CCNS(=O)(=O)c3cccs3)c2c1. The molecule has 0 spiro atoms. The fourth-order valence-electron chi connectivity index (χ4n) is 2.61. The molecule has 122 valence electrons. The highest BCUT2D eigenvalue weighted by molar-refractivity contribution is 7.91. The van der Waals surface area contributed by atoms with Crippen LogP contribution >= 0.6 is 11.3 Å². The third kappa shape index (κ3) is 3.26. The van der Waals surface area contributed by atoms with Crippen LogP contribution in [0.4, 0.5) is 0 Å². The number of thiophene rings is 1. The lowest BCUT2D eigenvalue weighted by atomic mass is 10.1. The quantitative estimate of drug-likeness (QED) is 0.718. The predicted octanol–water partition coefficient (Wildman–Crippen LogP) is 3.07. The first kappa shape index (κ1) is 16.0. The lowest BCUT2D eigenvalue weighted by molar-refractivity contribution is 0.415. The van der Waals surface area contributed by atoms with Gasteiger partial charge in [-0.2, -0.15) is 0 Å². The van der Waals surface area contributed by atoms with Crippen molar-refractivity contribution in [2.75, 3.05) is 13.7 Å². The molecule has 23 heavy (non-hydrogen) atoms. The van der Waals surface area contributed by atoms with Gasteiger partial charge in [0.25, 0.3) is 0 Å². The molecule has 2 heterocycles. The number of methoxy groups -OCH3 is 1. The molecule has 0 radical (unpaired) electrons. The average molecular weight is 350 g/mol. The highest BCUT2D eigenvalue weighted by Crippen LogP contribution is 2.26. The van der Waals surface area contributed by atoms with Gasteiger partial charge in [-0.05, 0) is 48.6 Å². The number of aryl methyl sites for hydroxylation is 1. The Morgan fingerprint density at radius 1 is 1.30 bits per heavy atom. The van der Waals surface area contributed by atoms with Crippen molar-refractivity contribution in [3.05, 3.63) is 47.0 Å². The Hall–Kier alpha value is -1.83. The molecule has 0 bridgehead atoms. The number of aromatic nitrogens is 1. The molecular weight excluding hydrogens is 332 g/mol. The average Bonchev–Trinajstić information content (AvgIpc) is 3.16. The van der Waals surface area contributed by atoms with Crippen molar-refractivity contribution >= 4 is 32.3 Å². The number of aromatic amines is 1. The number of ether oxygens (including phenoxy) is 1. The van der Waals surface area contributed by atoms with E-state index in [0.29, 0.717) is 17.2 Å². The number of fused-ring (bicyclic) bond motifs is 1. The Bertz CT molecular complexity index is 912. The fourth-order valence-corrected chi connectivity index (χ4v) is 4.68. The molecule has 1 aromatic carbocycles. The maximum Gasteiger partial charge on any atom is 0.250 e. The van der Waals surface area contributed by atoms with Gasteiger partial charge in [0.2, 0.25) is 10.0 Å². The summed E-state index contributed by atoms with van der Waals surface area (Å²) in [5.41, 5.74) is 3.18. The Balaban J connectivity index is 1.78. The smallest absolute Gasteiger partial charge is 0.250 e. The van der Waals surface area contributed by atoms with Gasteiger partial charge in [-0.1, -0.05) is 6.07 Å². The number of benzene rings is 1. The van der Waals surface area contributed by atoms with E-state index in [9.17, 15) is 8.42 Å². The second-order valence-electron chi connectivity index (χ2n) is 5.22. The summed E-state index contributed by atoms with van der Waals surface area (Å²) in [6.07, 6.45) is 0.615. The lowest BCUT2D eigenvalue weighted by Gasteiger charge is -2.06. The van der Waals surface area contributed by atoms with E-state index in [2.05, 4.69) is 9.71 Å². The third-order valence-corrected chi connectivity index (χ3v) is 6.61. The number of nitrogens with one attached hydrogen (secondary N) is 2. The van der Waals surface area contributed by atoms with Crippen molar-refractivity contribution in [2.24, 2.45) is 0 Å². The van der Waals surface area contributed by atoms with Crippen LogP contribution in [0.1, 0.15) is 11.3 Å². The molecule has 0 aliphatic heterocycles. The van der Waals surface area contributed by atoms with E-state index in [-0.39, 0.29) is 0 Å². The summed E-state index contributed by atoms with van der Waals surface area (Å²) in [4.78, 5) is 3.32. The molecule has 5 nitrogen and oxygen atoms in total. The molecule has 0 saturated carbocycles. The summed E-state index contributed by atoms with van der Waals surface area (Å²) in [7, 11) is -1.78. The zero-order valence-corrected chi connectivity index (χ0v) is 14.6. The van der Waals surface area contributed by atoms with Crippen LogP contribution in [0.3, 0.4) is 0 Å². The van der Waals surface area contributed by atoms with Gasteiger partial charge in [0, 0.05) is 23.1 Å². The molecule has 0 amide bonds. The van der Waals surface area contributed by atoms with Gasteiger partial charge in [-0.25, -0.2) is 13.1 Å². The van der Waals surface area contributed by atoms with Crippen LogP contribution in [0.25, 0.3) is 10.9 Å². The highest BCUT2D eigenvalue weighted by Gasteiger charge is 2.15. The summed E-state index contributed by atoms with van der Waals surface area (Å²) in [5.74, 6) is 0.789. The van der Waals surface area contributed by atoms with E-state index in [1.807, 2.05) is 25.1 Å². The number of H-pyrrole nitrogens is 1. The van der Waals surface area contributed by atoms with Crippen LogP contribution in [-0.4, -0.2) is 27.1 Å². The summed E-state index contributed by atoms with van der Waals surface area (Å²) in [6.45, 7) is 2.35. The molecule has 0 fully saturated rings. The molecular formula is C16H18N2O3S2. The van der Waals surface area contributed by atoms with Crippen molar-refractivity contribution in [3.63, 3.8) is 0 Å². The highest BCUT2D eigenvalue weighted by atomic mass is 32.2. The molecule has 2 aromatic heterocycles. The Labute approximate surface area is 139 Å². The summed E-state index contributed by atoms with van der Waals surface area (Å²) in [6, 6.07) is 9.19. The van der Waals surface area contributed by atoms with Crippen molar-refractivity contribution < 1.29 is 13.2 Å². The van der Waals surface area contributed by atoms with Crippen LogP contribution in [-0.2, 0) is 16.4 Å². The fraction of sp³-hybridized carbons (Fsp3) is 0.250. The Kier molecular flexibility index (Phi) is 4.43. The van der Waals surface area contributed by atoms with E-state index in [1.54, 1.807) is 24.6 Å². The van der Waals surface area contributed by atoms with Crippen molar-refractivity contribution in [1.29, 1.82) is 0 Å². The van der Waals surface area contributed by atoms with Gasteiger partial charge in [0.1, 0.15) is 9.96 Å². The van der Waals surface area contributed by atoms with Crippen molar-refractivity contribution in [3.8, 4) is 5.75 Å². The molecule has 0 atom stereocenters. The van der Waals surface area contributed by atoms with E-state index >= 15 is 0 Å². The van der Waals surface area contributed by atoms with Gasteiger partial charge in [-0.15, -0.1) is 11.3 Å². The van der Waals surface area contributed by atoms with E-state index in [1.165, 1.54) is 11.3 Å². The van der Waals surface area contributed by atoms with E-state index in [4.69, 9.17) is 4.74 Å². The van der Waals surface area contributed by atoms with Crippen LogP contribution in [0.15, 0.2) is 39.9 Å². The number of hydrogen-bond acceptors (Lipinski definition) is 4. The van der Waals surface area contributed by atoms with Crippen LogP contribution in [0.2, 0.25) is 0 Å². The van der Waals surface area contributed by atoms with Crippen molar-refractivity contribution in [2.45, 2.75) is 17.6 Å². The molecule has 0 unspecified atom stereocenters. The Morgan fingerprint density at radius 3 is 2.83 bits per heavy atom. The normalized spacial score (nSPS) is 11.9. The van der Waals surface area contributed by atoms with Gasteiger partial charge >= 0.3 is 0 Å². The van der Waals surface area contributed by atoms with Crippen LogP contribution in [0.5, 0.6) is 5.75 Å². The van der Waals surface area contributed by atoms with E-state index in [0.717, 1.165) is 27.9 Å². The number of rotatable bonds is 6. The molecule has 0 aliphatic rings. The summed E-state index contributed by atoms with van der Waals surface area (Å²) < 4.78 is 32.6. The maximum atomic E-state index is 12.1. The predicted molar refractivity (Wildman–Crippen MR) is 92.8 cm³/mol. The minimum Gasteiger partial charge on any atom is -0.497 e. The first-order valence-corrected chi connectivity index (χ1v) is 9.56. The minimum absolute atomic E-state index is 0.342. The third-order valence-electron chi connectivity index (χ3n) is 3.75. The maximum absolute atomic E-state index is 12.1. The molecule has 0 aliphatic carbocycles. The minimum atomic E-state index is -3.42. The van der Waals surface area contributed by atoms with Gasteiger partial charge < -0.3 is 9.72 Å². The van der Waals surface area contributed by atoms with E-state index < -0.39 is 10.0 Å². The number of hydrogen-bond donors (Lipinski definition) is 2. The molecule has 2 N–H and O–H groups in total. The zero-order chi connectivity index (χ0) is 16.4. The molecule has 3 aromatic rings. The lowest BCUT2D eigenvalue weighted by Crippen LogP contribution is -2.25. The number of sulfonamides is 1. The van der Waals surface area contributed by atoms with Crippen LogP contribution < -0.4 is 9.46 Å². The summed E-state index contributed by atoms with van der Waals surface area (Å²) >= 11 is 1.22. The topological polar surface area (TPSA) is 71.2 Å². The Morgan fingerprint density at radius 2 is 2.13 bits per heavy atom. The standard InChI is InChI=1S/C16H18N2O3S2/c1-11-13(14-10-12(21-2)5-6-15(14)18-11)7-8-17-23(19,20)16-4-3-9-22-16/h3-6,9-10,17-18H,7-8H2,1-2H3. The second kappa shape index (κ2) is 6.35.